The molecule has 1 atom stereocenters. The van der Waals surface area contributed by atoms with Gasteiger partial charge in [-0.3, -0.25) is 0 Å². The largest absolute Gasteiger partial charge is 0.497 e. The zero-order valence-corrected chi connectivity index (χ0v) is 14.3. The van der Waals surface area contributed by atoms with Gasteiger partial charge in [-0.2, -0.15) is 0 Å². The average Bonchev–Trinajstić information content (AvgIpc) is 3.12. The number of methoxy groups -OCH3 is 1. The molecular formula is C20H24N2O2. The molecule has 0 radical (unpaired) electrons. The number of urea groups is 1. The van der Waals surface area contributed by atoms with Gasteiger partial charge in [0.25, 0.3) is 0 Å². The third kappa shape index (κ3) is 3.53. The van der Waals surface area contributed by atoms with Crippen molar-refractivity contribution in [3.8, 4) is 5.75 Å². The number of anilines is 1. The van der Waals surface area contributed by atoms with E-state index in [-0.39, 0.29) is 12.1 Å². The summed E-state index contributed by atoms with van der Waals surface area (Å²) in [5, 5.41) is 3.04. The Labute approximate surface area is 143 Å². The molecule has 4 nitrogen and oxygen atoms in total. The normalized spacial score (nSPS) is 16.9. The molecule has 0 aromatic heterocycles. The number of carbonyl (C=O) groups is 1. The number of amides is 2. The zero-order chi connectivity index (χ0) is 16.9. The number of ether oxygens (including phenoxy) is 1. The number of nitrogens with one attached hydrogen (secondary N) is 1. The molecule has 1 aliphatic rings. The van der Waals surface area contributed by atoms with Crippen molar-refractivity contribution in [2.75, 3.05) is 19.0 Å². The first kappa shape index (κ1) is 16.4. The summed E-state index contributed by atoms with van der Waals surface area (Å²) in [7, 11) is 1.67. The van der Waals surface area contributed by atoms with Gasteiger partial charge in [-0.1, -0.05) is 31.2 Å². The van der Waals surface area contributed by atoms with Crippen molar-refractivity contribution >= 4 is 11.7 Å². The van der Waals surface area contributed by atoms with Gasteiger partial charge in [-0.05, 0) is 54.7 Å². The minimum absolute atomic E-state index is 0.0337. The number of rotatable bonds is 4. The molecule has 1 heterocycles. The molecule has 2 aromatic carbocycles. The summed E-state index contributed by atoms with van der Waals surface area (Å²) >= 11 is 0. The van der Waals surface area contributed by atoms with Gasteiger partial charge in [0, 0.05) is 12.2 Å². The van der Waals surface area contributed by atoms with Gasteiger partial charge in [0.1, 0.15) is 5.75 Å². The van der Waals surface area contributed by atoms with Crippen LogP contribution in [0.5, 0.6) is 5.75 Å². The summed E-state index contributed by atoms with van der Waals surface area (Å²) in [6.07, 6.45) is 2.96. The van der Waals surface area contributed by atoms with Crippen LogP contribution >= 0.6 is 0 Å². The number of carbonyl (C=O) groups excluding carboxylic acids is 1. The van der Waals surface area contributed by atoms with Crippen LogP contribution in [0.25, 0.3) is 0 Å². The standard InChI is InChI=1S/C20H24N2O2/c1-3-15-7-4-9-17(13-15)21-20(23)22-12-6-11-19(22)16-8-5-10-18(14-16)24-2/h4-5,7-10,13-14,19H,3,6,11-12H2,1-2H3,(H,21,23). The minimum atomic E-state index is -0.0337. The lowest BCUT2D eigenvalue weighted by atomic mass is 10.0. The van der Waals surface area contributed by atoms with Crippen LogP contribution in [-0.4, -0.2) is 24.6 Å². The Bertz CT molecular complexity index is 714. The van der Waals surface area contributed by atoms with Crippen molar-refractivity contribution in [2.24, 2.45) is 0 Å². The van der Waals surface area contributed by atoms with E-state index < -0.39 is 0 Å². The summed E-state index contributed by atoms with van der Waals surface area (Å²) in [4.78, 5) is 14.7. The van der Waals surface area contributed by atoms with Gasteiger partial charge in [0.2, 0.25) is 0 Å². The molecule has 1 fully saturated rings. The molecule has 2 aromatic rings. The Kier molecular flexibility index (Phi) is 5.04. The van der Waals surface area contributed by atoms with Crippen LogP contribution in [-0.2, 0) is 6.42 Å². The Morgan fingerprint density at radius 3 is 2.88 bits per heavy atom. The van der Waals surface area contributed by atoms with E-state index in [1.165, 1.54) is 5.56 Å². The smallest absolute Gasteiger partial charge is 0.322 e. The van der Waals surface area contributed by atoms with Crippen LogP contribution in [0.1, 0.15) is 36.9 Å². The second kappa shape index (κ2) is 7.39. The quantitative estimate of drug-likeness (QED) is 0.891. The molecule has 2 amide bonds. The molecule has 0 bridgehead atoms. The molecule has 0 spiro atoms. The maximum atomic E-state index is 12.7. The molecule has 0 aliphatic carbocycles. The van der Waals surface area contributed by atoms with Crippen LogP contribution < -0.4 is 10.1 Å². The van der Waals surface area contributed by atoms with Gasteiger partial charge < -0.3 is 15.0 Å². The monoisotopic (exact) mass is 324 g/mol. The third-order valence-electron chi connectivity index (χ3n) is 4.58. The van der Waals surface area contributed by atoms with Crippen molar-refractivity contribution in [3.63, 3.8) is 0 Å². The molecule has 24 heavy (non-hydrogen) atoms. The Morgan fingerprint density at radius 2 is 2.08 bits per heavy atom. The fourth-order valence-corrected chi connectivity index (χ4v) is 3.27. The second-order valence-electron chi connectivity index (χ2n) is 6.11. The lowest BCUT2D eigenvalue weighted by molar-refractivity contribution is 0.207. The molecule has 1 aliphatic heterocycles. The van der Waals surface area contributed by atoms with Crippen LogP contribution in [0.3, 0.4) is 0 Å². The van der Waals surface area contributed by atoms with E-state index in [0.717, 1.165) is 42.8 Å². The number of benzene rings is 2. The summed E-state index contributed by atoms with van der Waals surface area (Å²) < 4.78 is 5.31. The SMILES string of the molecule is CCc1cccc(NC(=O)N2CCCC2c2cccc(OC)c2)c1. The van der Waals surface area contributed by atoms with Crippen LogP contribution in [0.15, 0.2) is 48.5 Å². The van der Waals surface area contributed by atoms with E-state index in [2.05, 4.69) is 24.4 Å². The highest BCUT2D eigenvalue weighted by molar-refractivity contribution is 5.89. The fourth-order valence-electron chi connectivity index (χ4n) is 3.27. The first-order chi connectivity index (χ1) is 11.7. The maximum absolute atomic E-state index is 12.7. The lowest BCUT2D eigenvalue weighted by Gasteiger charge is -2.25. The summed E-state index contributed by atoms with van der Waals surface area (Å²) in [6.45, 7) is 2.89. The van der Waals surface area contributed by atoms with Crippen LogP contribution in [0, 0.1) is 0 Å². The van der Waals surface area contributed by atoms with Crippen LogP contribution in [0.4, 0.5) is 10.5 Å². The van der Waals surface area contributed by atoms with Gasteiger partial charge >= 0.3 is 6.03 Å². The number of likely N-dealkylation sites (tertiary alicyclic amines) is 1. The second-order valence-corrected chi connectivity index (χ2v) is 6.11. The molecule has 1 unspecified atom stereocenters. The Morgan fingerprint density at radius 1 is 1.25 bits per heavy atom. The van der Waals surface area contributed by atoms with Crippen LogP contribution in [0.2, 0.25) is 0 Å². The van der Waals surface area contributed by atoms with E-state index in [9.17, 15) is 4.79 Å². The topological polar surface area (TPSA) is 41.6 Å². The fraction of sp³-hybridized carbons (Fsp3) is 0.350. The Balaban J connectivity index is 1.75. The predicted molar refractivity (Wildman–Crippen MR) is 96.5 cm³/mol. The predicted octanol–water partition coefficient (Wildman–Crippen LogP) is 4.63. The van der Waals surface area contributed by atoms with Crippen molar-refractivity contribution in [3.05, 3.63) is 59.7 Å². The maximum Gasteiger partial charge on any atom is 0.322 e. The lowest BCUT2D eigenvalue weighted by Crippen LogP contribution is -2.34. The van der Waals surface area contributed by atoms with Gasteiger partial charge in [0.05, 0.1) is 13.2 Å². The molecule has 126 valence electrons. The summed E-state index contributed by atoms with van der Waals surface area (Å²) in [5.41, 5.74) is 3.21. The van der Waals surface area contributed by atoms with E-state index in [1.54, 1.807) is 7.11 Å². The van der Waals surface area contributed by atoms with E-state index in [4.69, 9.17) is 4.74 Å². The first-order valence-electron chi connectivity index (χ1n) is 8.51. The van der Waals surface area contributed by atoms with Gasteiger partial charge in [-0.15, -0.1) is 0 Å². The molecule has 1 N–H and O–H groups in total. The summed E-state index contributed by atoms with van der Waals surface area (Å²) in [5.74, 6) is 0.829. The van der Waals surface area contributed by atoms with Crippen molar-refractivity contribution in [1.29, 1.82) is 0 Å². The molecule has 4 heteroatoms. The van der Waals surface area contributed by atoms with Crippen molar-refractivity contribution in [2.45, 2.75) is 32.2 Å². The number of aryl methyl sites for hydroxylation is 1. The molecule has 3 rings (SSSR count). The highest BCUT2D eigenvalue weighted by Gasteiger charge is 2.30. The van der Waals surface area contributed by atoms with Gasteiger partial charge in [0.15, 0.2) is 0 Å². The molecular weight excluding hydrogens is 300 g/mol. The number of hydrogen-bond acceptors (Lipinski definition) is 2. The zero-order valence-electron chi connectivity index (χ0n) is 14.3. The van der Waals surface area contributed by atoms with E-state index in [0.29, 0.717) is 0 Å². The highest BCUT2D eigenvalue weighted by Crippen LogP contribution is 2.33. The number of hydrogen-bond donors (Lipinski definition) is 1. The molecule has 0 saturated carbocycles. The van der Waals surface area contributed by atoms with E-state index >= 15 is 0 Å². The van der Waals surface area contributed by atoms with Gasteiger partial charge in [-0.25, -0.2) is 4.79 Å². The third-order valence-corrected chi connectivity index (χ3v) is 4.58. The van der Waals surface area contributed by atoms with Crippen molar-refractivity contribution < 1.29 is 9.53 Å². The first-order valence-corrected chi connectivity index (χ1v) is 8.51. The Hall–Kier alpha value is -2.49. The number of nitrogens with zero attached hydrogens (tertiary/aromatic N) is 1. The highest BCUT2D eigenvalue weighted by atomic mass is 16.5. The van der Waals surface area contributed by atoms with E-state index in [1.807, 2.05) is 41.3 Å². The average molecular weight is 324 g/mol. The van der Waals surface area contributed by atoms with Crippen molar-refractivity contribution in [1.82, 2.24) is 4.90 Å². The molecule has 1 saturated heterocycles. The summed E-state index contributed by atoms with van der Waals surface area (Å²) in [6, 6.07) is 16.1. The minimum Gasteiger partial charge on any atom is -0.497 e.